The zero-order chi connectivity index (χ0) is 12.1. The van der Waals surface area contributed by atoms with E-state index < -0.39 is 11.9 Å². The number of carboxylic acids is 1. The molecule has 0 aromatic carbocycles. The number of primary amides is 1. The number of carbonyl (C=O) groups is 2. The summed E-state index contributed by atoms with van der Waals surface area (Å²) in [6.45, 7) is 0. The van der Waals surface area contributed by atoms with E-state index in [-0.39, 0.29) is 23.4 Å². The summed E-state index contributed by atoms with van der Waals surface area (Å²) in [7, 11) is 0. The van der Waals surface area contributed by atoms with Crippen LogP contribution in [0.3, 0.4) is 0 Å². The number of pyridine rings is 1. The normalized spacial score (nSPS) is 9.00. The van der Waals surface area contributed by atoms with Gasteiger partial charge in [0, 0.05) is 6.20 Å². The maximum absolute atomic E-state index is 10.6. The molecule has 1 heterocycles. The monoisotopic (exact) mass is 219 g/mol. The first-order valence-corrected chi connectivity index (χ1v) is 4.26. The first-order valence-electron chi connectivity index (χ1n) is 4.26. The van der Waals surface area contributed by atoms with Crippen LogP contribution in [0.1, 0.15) is 22.3 Å². The van der Waals surface area contributed by atoms with Crippen molar-refractivity contribution in [2.45, 2.75) is 6.42 Å². The fourth-order valence-corrected chi connectivity index (χ4v) is 0.919. The second kappa shape index (κ2) is 4.79. The van der Waals surface area contributed by atoms with Gasteiger partial charge in [-0.3, -0.25) is 4.79 Å². The molecule has 0 atom stereocenters. The molecular formula is C10H9N3O3. The predicted molar refractivity (Wildman–Crippen MR) is 56.3 cm³/mol. The Kier molecular flexibility index (Phi) is 3.45. The number of rotatable bonds is 2. The van der Waals surface area contributed by atoms with Crippen molar-refractivity contribution < 1.29 is 14.7 Å². The molecule has 0 aliphatic heterocycles. The molecular weight excluding hydrogens is 210 g/mol. The van der Waals surface area contributed by atoms with Crippen molar-refractivity contribution in [3.05, 3.63) is 23.4 Å². The molecule has 6 heteroatoms. The van der Waals surface area contributed by atoms with E-state index in [0.717, 1.165) is 6.20 Å². The quantitative estimate of drug-likeness (QED) is 0.584. The number of anilines is 1. The fourth-order valence-electron chi connectivity index (χ4n) is 0.919. The van der Waals surface area contributed by atoms with Gasteiger partial charge in [0.2, 0.25) is 5.91 Å². The number of nitrogen functional groups attached to an aromatic ring is 1. The lowest BCUT2D eigenvalue weighted by Gasteiger charge is -1.98. The molecule has 1 aromatic heterocycles. The minimum atomic E-state index is -1.12. The van der Waals surface area contributed by atoms with Gasteiger partial charge >= 0.3 is 5.97 Å². The third-order valence-electron chi connectivity index (χ3n) is 1.65. The van der Waals surface area contributed by atoms with Gasteiger partial charge < -0.3 is 16.6 Å². The van der Waals surface area contributed by atoms with Crippen LogP contribution in [0.4, 0.5) is 5.82 Å². The van der Waals surface area contributed by atoms with E-state index in [1.54, 1.807) is 0 Å². The SMILES string of the molecule is NC(=O)CC#Cc1cc(C(=O)O)cnc1N. The molecule has 0 unspecified atom stereocenters. The second-order valence-electron chi connectivity index (χ2n) is 2.91. The fraction of sp³-hybridized carbons (Fsp3) is 0.100. The molecule has 0 saturated carbocycles. The van der Waals surface area contributed by atoms with E-state index in [9.17, 15) is 9.59 Å². The van der Waals surface area contributed by atoms with E-state index in [0.29, 0.717) is 0 Å². The van der Waals surface area contributed by atoms with Gasteiger partial charge in [-0.1, -0.05) is 11.8 Å². The highest BCUT2D eigenvalue weighted by atomic mass is 16.4. The molecule has 0 fully saturated rings. The molecule has 0 bridgehead atoms. The molecule has 1 amide bonds. The standard InChI is InChI=1S/C10H9N3O3/c11-8(14)3-1-2-6-4-7(10(15)16)5-13-9(6)12/h4-5H,3H2,(H2,11,14)(H2,12,13)(H,15,16). The van der Waals surface area contributed by atoms with E-state index >= 15 is 0 Å². The molecule has 0 spiro atoms. The van der Waals surface area contributed by atoms with Gasteiger partial charge in [-0.25, -0.2) is 9.78 Å². The van der Waals surface area contributed by atoms with Gasteiger partial charge in [0.15, 0.2) is 0 Å². The van der Waals surface area contributed by atoms with Crippen LogP contribution in [0, 0.1) is 11.8 Å². The summed E-state index contributed by atoms with van der Waals surface area (Å²) in [6.07, 6.45) is 1.02. The average Bonchev–Trinajstić information content (AvgIpc) is 2.20. The Balaban J connectivity index is 3.01. The third-order valence-corrected chi connectivity index (χ3v) is 1.65. The lowest BCUT2D eigenvalue weighted by atomic mass is 10.2. The van der Waals surface area contributed by atoms with Gasteiger partial charge in [-0.2, -0.15) is 0 Å². The van der Waals surface area contributed by atoms with Crippen LogP contribution < -0.4 is 11.5 Å². The first-order chi connectivity index (χ1) is 7.50. The topological polar surface area (TPSA) is 119 Å². The highest BCUT2D eigenvalue weighted by Gasteiger charge is 2.06. The Hall–Kier alpha value is -2.55. The number of hydrogen-bond acceptors (Lipinski definition) is 4. The molecule has 5 N–H and O–H groups in total. The third kappa shape index (κ3) is 2.99. The van der Waals surface area contributed by atoms with Crippen LogP contribution >= 0.6 is 0 Å². The zero-order valence-electron chi connectivity index (χ0n) is 8.23. The van der Waals surface area contributed by atoms with Crippen molar-refractivity contribution in [1.82, 2.24) is 4.98 Å². The minimum Gasteiger partial charge on any atom is -0.478 e. The molecule has 1 rings (SSSR count). The lowest BCUT2D eigenvalue weighted by Crippen LogP contribution is -2.08. The van der Waals surface area contributed by atoms with Crippen LogP contribution in [-0.4, -0.2) is 22.0 Å². The van der Waals surface area contributed by atoms with Crippen LogP contribution in [0.25, 0.3) is 0 Å². The number of carboxylic acid groups (broad SMARTS) is 1. The highest BCUT2D eigenvalue weighted by molar-refractivity contribution is 5.88. The number of aromatic carboxylic acids is 1. The maximum atomic E-state index is 10.6. The Morgan fingerprint density at radius 3 is 2.75 bits per heavy atom. The van der Waals surface area contributed by atoms with Gasteiger partial charge in [0.1, 0.15) is 5.82 Å². The van der Waals surface area contributed by atoms with Crippen molar-refractivity contribution in [2.24, 2.45) is 5.73 Å². The summed E-state index contributed by atoms with van der Waals surface area (Å²) < 4.78 is 0. The van der Waals surface area contributed by atoms with E-state index in [2.05, 4.69) is 16.8 Å². The summed E-state index contributed by atoms with van der Waals surface area (Å²) in [6, 6.07) is 1.29. The van der Waals surface area contributed by atoms with Crippen LogP contribution in [0.15, 0.2) is 12.3 Å². The molecule has 0 radical (unpaired) electrons. The van der Waals surface area contributed by atoms with Gasteiger partial charge in [-0.15, -0.1) is 0 Å². The maximum Gasteiger partial charge on any atom is 0.337 e. The van der Waals surface area contributed by atoms with Crippen molar-refractivity contribution in [2.75, 3.05) is 5.73 Å². The van der Waals surface area contributed by atoms with Crippen molar-refractivity contribution in [3.63, 3.8) is 0 Å². The van der Waals surface area contributed by atoms with Crippen LogP contribution in [0.5, 0.6) is 0 Å². The largest absolute Gasteiger partial charge is 0.478 e. The molecule has 0 aliphatic carbocycles. The number of hydrogen-bond donors (Lipinski definition) is 3. The van der Waals surface area contributed by atoms with E-state index in [1.165, 1.54) is 6.07 Å². The Morgan fingerprint density at radius 2 is 2.19 bits per heavy atom. The zero-order valence-corrected chi connectivity index (χ0v) is 8.23. The lowest BCUT2D eigenvalue weighted by molar-refractivity contribution is -0.117. The highest BCUT2D eigenvalue weighted by Crippen LogP contribution is 2.09. The number of carbonyl (C=O) groups excluding carboxylic acids is 1. The summed E-state index contributed by atoms with van der Waals surface area (Å²) in [5.41, 5.74) is 10.6. The van der Waals surface area contributed by atoms with Crippen molar-refractivity contribution in [1.29, 1.82) is 0 Å². The molecule has 1 aromatic rings. The smallest absolute Gasteiger partial charge is 0.337 e. The van der Waals surface area contributed by atoms with E-state index in [1.807, 2.05) is 0 Å². The predicted octanol–water partition coefficient (Wildman–Crippen LogP) is -0.411. The number of nitrogens with two attached hydrogens (primary N) is 2. The molecule has 6 nitrogen and oxygen atoms in total. The number of amides is 1. The Bertz CT molecular complexity index is 500. The van der Waals surface area contributed by atoms with Gasteiger partial charge in [0.05, 0.1) is 17.5 Å². The Morgan fingerprint density at radius 1 is 1.50 bits per heavy atom. The molecule has 0 saturated heterocycles. The van der Waals surface area contributed by atoms with E-state index in [4.69, 9.17) is 16.6 Å². The van der Waals surface area contributed by atoms with Gasteiger partial charge in [0.25, 0.3) is 0 Å². The van der Waals surface area contributed by atoms with Crippen LogP contribution in [0.2, 0.25) is 0 Å². The van der Waals surface area contributed by atoms with Crippen molar-refractivity contribution in [3.8, 4) is 11.8 Å². The minimum absolute atomic E-state index is 0.0161. The summed E-state index contributed by atoms with van der Waals surface area (Å²) in [4.78, 5) is 24.7. The molecule has 0 aliphatic rings. The van der Waals surface area contributed by atoms with Crippen molar-refractivity contribution >= 4 is 17.7 Å². The number of nitrogens with zero attached hydrogens (tertiary/aromatic N) is 1. The summed E-state index contributed by atoms with van der Waals surface area (Å²) in [5, 5.41) is 8.71. The summed E-state index contributed by atoms with van der Waals surface area (Å²) in [5.74, 6) is 3.44. The average molecular weight is 219 g/mol. The Labute approximate surface area is 91.3 Å². The first kappa shape index (κ1) is 11.5. The second-order valence-corrected chi connectivity index (χ2v) is 2.91. The van der Waals surface area contributed by atoms with Crippen LogP contribution in [-0.2, 0) is 4.79 Å². The van der Waals surface area contributed by atoms with Gasteiger partial charge in [-0.05, 0) is 6.07 Å². The molecule has 16 heavy (non-hydrogen) atoms. The number of aromatic nitrogens is 1. The summed E-state index contributed by atoms with van der Waals surface area (Å²) >= 11 is 0. The molecule has 82 valence electrons.